The summed E-state index contributed by atoms with van der Waals surface area (Å²) in [6.07, 6.45) is 4.11. The van der Waals surface area contributed by atoms with Gasteiger partial charge in [-0.1, -0.05) is 54.6 Å². The third kappa shape index (κ3) is 6.13. The van der Waals surface area contributed by atoms with E-state index in [1.807, 2.05) is 48.5 Å². The number of amides is 1. The molecule has 0 unspecified atom stereocenters. The molecule has 0 saturated heterocycles. The Morgan fingerprint density at radius 2 is 1.62 bits per heavy atom. The molecule has 0 radical (unpaired) electrons. The zero-order valence-corrected chi connectivity index (χ0v) is 18.7. The maximum Gasteiger partial charge on any atom is 0.257 e. The SMILES string of the molecule is COc1ccc(C(=O)NC(=S)Nc2ccc(/C=C/c3ccccc3)cc2)cc1I. The minimum absolute atomic E-state index is 0.244. The summed E-state index contributed by atoms with van der Waals surface area (Å²) >= 11 is 7.38. The first-order chi connectivity index (χ1) is 14.0. The van der Waals surface area contributed by atoms with Crippen LogP contribution in [0.2, 0.25) is 0 Å². The van der Waals surface area contributed by atoms with Crippen molar-refractivity contribution in [3.8, 4) is 5.75 Å². The number of hydrogen-bond donors (Lipinski definition) is 2. The number of anilines is 1. The fourth-order valence-electron chi connectivity index (χ4n) is 2.58. The maximum absolute atomic E-state index is 12.4. The van der Waals surface area contributed by atoms with Gasteiger partial charge in [0, 0.05) is 11.3 Å². The molecule has 146 valence electrons. The number of thiocarbonyl (C=S) groups is 1. The second-order valence-corrected chi connectivity index (χ2v) is 7.69. The van der Waals surface area contributed by atoms with Crippen LogP contribution < -0.4 is 15.4 Å². The average Bonchev–Trinajstić information content (AvgIpc) is 2.74. The summed E-state index contributed by atoms with van der Waals surface area (Å²) in [4.78, 5) is 12.4. The van der Waals surface area contributed by atoms with Crippen molar-refractivity contribution in [2.45, 2.75) is 0 Å². The number of rotatable bonds is 5. The van der Waals surface area contributed by atoms with Gasteiger partial charge in [-0.25, -0.2) is 0 Å². The highest BCUT2D eigenvalue weighted by Crippen LogP contribution is 2.21. The lowest BCUT2D eigenvalue weighted by Gasteiger charge is -2.11. The largest absolute Gasteiger partial charge is 0.496 e. The fourth-order valence-corrected chi connectivity index (χ4v) is 3.53. The van der Waals surface area contributed by atoms with E-state index in [1.54, 1.807) is 25.3 Å². The number of carbonyl (C=O) groups excluding carboxylic acids is 1. The number of nitrogens with one attached hydrogen (secondary N) is 2. The van der Waals surface area contributed by atoms with Crippen LogP contribution in [-0.2, 0) is 0 Å². The highest BCUT2D eigenvalue weighted by molar-refractivity contribution is 14.1. The van der Waals surface area contributed by atoms with Crippen LogP contribution in [0.5, 0.6) is 5.75 Å². The van der Waals surface area contributed by atoms with Crippen molar-refractivity contribution < 1.29 is 9.53 Å². The minimum atomic E-state index is -0.273. The lowest BCUT2D eigenvalue weighted by Crippen LogP contribution is -2.34. The summed E-state index contributed by atoms with van der Waals surface area (Å²) in [6, 6.07) is 23.1. The molecule has 0 saturated carbocycles. The molecular formula is C23H19IN2O2S. The standard InChI is InChI=1S/C23H19IN2O2S/c1-28-21-14-11-18(15-20(21)24)22(27)26-23(29)25-19-12-9-17(10-13-19)8-7-16-5-3-2-4-6-16/h2-15H,1H3,(H2,25,26,27,29)/b8-7+. The number of carbonyl (C=O) groups is 1. The molecule has 2 N–H and O–H groups in total. The monoisotopic (exact) mass is 514 g/mol. The molecule has 1 amide bonds. The molecule has 0 aliphatic carbocycles. The van der Waals surface area contributed by atoms with Crippen LogP contribution in [0.1, 0.15) is 21.5 Å². The van der Waals surface area contributed by atoms with Crippen LogP contribution in [0, 0.1) is 3.57 Å². The smallest absolute Gasteiger partial charge is 0.257 e. The van der Waals surface area contributed by atoms with Crippen molar-refractivity contribution in [2.75, 3.05) is 12.4 Å². The molecule has 3 aromatic carbocycles. The van der Waals surface area contributed by atoms with Crippen LogP contribution in [0.15, 0.2) is 72.8 Å². The van der Waals surface area contributed by atoms with E-state index in [0.29, 0.717) is 5.56 Å². The van der Waals surface area contributed by atoms with E-state index in [2.05, 4.69) is 51.4 Å². The first-order valence-corrected chi connectivity index (χ1v) is 10.3. The van der Waals surface area contributed by atoms with Crippen molar-refractivity contribution in [3.05, 3.63) is 93.1 Å². The van der Waals surface area contributed by atoms with E-state index >= 15 is 0 Å². The minimum Gasteiger partial charge on any atom is -0.496 e. The van der Waals surface area contributed by atoms with E-state index < -0.39 is 0 Å². The maximum atomic E-state index is 12.4. The van der Waals surface area contributed by atoms with Crippen molar-refractivity contribution in [3.63, 3.8) is 0 Å². The third-order valence-corrected chi connectivity index (χ3v) is 5.12. The number of benzene rings is 3. The van der Waals surface area contributed by atoms with Crippen molar-refractivity contribution in [1.29, 1.82) is 0 Å². The Morgan fingerprint density at radius 1 is 0.966 bits per heavy atom. The van der Waals surface area contributed by atoms with Crippen LogP contribution in [0.3, 0.4) is 0 Å². The van der Waals surface area contributed by atoms with Crippen LogP contribution in [0.25, 0.3) is 12.2 Å². The zero-order chi connectivity index (χ0) is 20.6. The average molecular weight is 514 g/mol. The topological polar surface area (TPSA) is 50.4 Å². The van der Waals surface area contributed by atoms with Crippen LogP contribution in [0.4, 0.5) is 5.69 Å². The Bertz CT molecular complexity index is 1030. The number of methoxy groups -OCH3 is 1. The Labute approximate surface area is 189 Å². The Balaban J connectivity index is 1.57. The Kier molecular flexibility index (Phi) is 7.37. The van der Waals surface area contributed by atoms with Gasteiger partial charge in [0.25, 0.3) is 5.91 Å². The van der Waals surface area contributed by atoms with Gasteiger partial charge in [-0.2, -0.15) is 0 Å². The lowest BCUT2D eigenvalue weighted by atomic mass is 10.1. The van der Waals surface area contributed by atoms with Crippen molar-refractivity contribution in [2.24, 2.45) is 0 Å². The second kappa shape index (κ2) is 10.2. The fraction of sp³-hybridized carbons (Fsp3) is 0.0435. The zero-order valence-electron chi connectivity index (χ0n) is 15.7. The molecule has 0 spiro atoms. The van der Waals surface area contributed by atoms with Gasteiger partial charge < -0.3 is 10.1 Å². The predicted molar refractivity (Wildman–Crippen MR) is 131 cm³/mol. The van der Waals surface area contributed by atoms with Gasteiger partial charge >= 0.3 is 0 Å². The van der Waals surface area contributed by atoms with E-state index in [0.717, 1.165) is 26.1 Å². The summed E-state index contributed by atoms with van der Waals surface area (Å²) in [5, 5.41) is 5.97. The molecule has 0 bridgehead atoms. The highest BCUT2D eigenvalue weighted by Gasteiger charge is 2.10. The highest BCUT2D eigenvalue weighted by atomic mass is 127. The van der Waals surface area contributed by atoms with E-state index in [4.69, 9.17) is 17.0 Å². The van der Waals surface area contributed by atoms with Crippen LogP contribution in [-0.4, -0.2) is 18.1 Å². The molecule has 3 rings (SSSR count). The third-order valence-electron chi connectivity index (χ3n) is 4.08. The predicted octanol–water partition coefficient (Wildman–Crippen LogP) is 5.60. The summed E-state index contributed by atoms with van der Waals surface area (Å²) in [5.41, 5.74) is 3.53. The molecule has 3 aromatic rings. The summed E-state index contributed by atoms with van der Waals surface area (Å²) in [5.74, 6) is 0.453. The molecule has 4 nitrogen and oxygen atoms in total. The first kappa shape index (κ1) is 21.0. The molecule has 0 aliphatic rings. The quantitative estimate of drug-likeness (QED) is 0.265. The first-order valence-electron chi connectivity index (χ1n) is 8.84. The molecule has 0 aliphatic heterocycles. The summed E-state index contributed by atoms with van der Waals surface area (Å²) < 4.78 is 6.07. The number of halogens is 1. The molecule has 0 aromatic heterocycles. The van der Waals surface area contributed by atoms with Gasteiger partial charge in [0.15, 0.2) is 5.11 Å². The van der Waals surface area contributed by atoms with Gasteiger partial charge in [-0.15, -0.1) is 0 Å². The normalized spacial score (nSPS) is 10.6. The number of hydrogen-bond acceptors (Lipinski definition) is 3. The Morgan fingerprint density at radius 3 is 2.24 bits per heavy atom. The van der Waals surface area contributed by atoms with Crippen molar-refractivity contribution >= 4 is 63.7 Å². The second-order valence-electron chi connectivity index (χ2n) is 6.12. The van der Waals surface area contributed by atoms with Gasteiger partial charge in [-0.3, -0.25) is 10.1 Å². The van der Waals surface area contributed by atoms with Gasteiger partial charge in [0.05, 0.1) is 10.7 Å². The lowest BCUT2D eigenvalue weighted by molar-refractivity contribution is 0.0977. The van der Waals surface area contributed by atoms with Gasteiger partial charge in [0.1, 0.15) is 5.75 Å². The number of ether oxygens (including phenoxy) is 1. The Hall–Kier alpha value is -2.71. The van der Waals surface area contributed by atoms with Crippen LogP contribution >= 0.6 is 34.8 Å². The molecule has 0 atom stereocenters. The van der Waals surface area contributed by atoms with E-state index in [1.165, 1.54) is 0 Å². The van der Waals surface area contributed by atoms with E-state index in [9.17, 15) is 4.79 Å². The molecule has 0 heterocycles. The molecule has 6 heteroatoms. The van der Waals surface area contributed by atoms with Gasteiger partial charge in [0.2, 0.25) is 0 Å². The van der Waals surface area contributed by atoms with Crippen molar-refractivity contribution in [1.82, 2.24) is 5.32 Å². The summed E-state index contributed by atoms with van der Waals surface area (Å²) in [6.45, 7) is 0. The van der Waals surface area contributed by atoms with Gasteiger partial charge in [-0.05, 0) is 76.3 Å². The molecule has 29 heavy (non-hydrogen) atoms. The summed E-state index contributed by atoms with van der Waals surface area (Å²) in [7, 11) is 1.60. The molecular weight excluding hydrogens is 495 g/mol. The van der Waals surface area contributed by atoms with E-state index in [-0.39, 0.29) is 11.0 Å². The molecule has 0 fully saturated rings.